The summed E-state index contributed by atoms with van der Waals surface area (Å²) >= 11 is 0. The monoisotopic (exact) mass is 239 g/mol. The molecule has 0 saturated heterocycles. The maximum absolute atomic E-state index is 11.1. The van der Waals surface area contributed by atoms with Crippen molar-refractivity contribution in [3.63, 3.8) is 0 Å². The highest BCUT2D eigenvalue weighted by atomic mass is 16.4. The first-order valence-corrected chi connectivity index (χ1v) is 6.54. The zero-order valence-corrected chi connectivity index (χ0v) is 11.2. The van der Waals surface area contributed by atoms with Crippen LogP contribution < -0.4 is 0 Å². The number of nitrogens with zero attached hydrogens (tertiary/aromatic N) is 1. The van der Waals surface area contributed by atoms with E-state index in [1.165, 1.54) is 6.42 Å². The first-order valence-electron chi connectivity index (χ1n) is 6.54. The summed E-state index contributed by atoms with van der Waals surface area (Å²) in [6, 6.07) is 0. The van der Waals surface area contributed by atoms with Crippen molar-refractivity contribution < 1.29 is 9.90 Å². The lowest BCUT2D eigenvalue weighted by Crippen LogP contribution is -2.49. The molecule has 98 valence electrons. The highest BCUT2D eigenvalue weighted by molar-refractivity contribution is 5.68. The van der Waals surface area contributed by atoms with E-state index in [2.05, 4.69) is 18.5 Å². The number of hydrogen-bond donors (Lipinski definition) is 1. The largest absolute Gasteiger partial charge is 0.481 e. The summed E-state index contributed by atoms with van der Waals surface area (Å²) in [6.45, 7) is 6.86. The second kappa shape index (κ2) is 6.20. The van der Waals surface area contributed by atoms with Gasteiger partial charge in [-0.25, -0.2) is 0 Å². The Balaban J connectivity index is 2.66. The van der Waals surface area contributed by atoms with Crippen LogP contribution in [-0.4, -0.2) is 35.1 Å². The van der Waals surface area contributed by atoms with Crippen LogP contribution >= 0.6 is 0 Å². The summed E-state index contributed by atoms with van der Waals surface area (Å²) in [5, 5.41) is 9.11. The van der Waals surface area contributed by atoms with E-state index in [-0.39, 0.29) is 12.0 Å². The van der Waals surface area contributed by atoms with Gasteiger partial charge in [0.05, 0.1) is 6.42 Å². The molecule has 0 atom stereocenters. The molecule has 0 radical (unpaired) electrons. The maximum Gasteiger partial charge on any atom is 0.305 e. The van der Waals surface area contributed by atoms with Crippen LogP contribution in [0.4, 0.5) is 0 Å². The third-order valence-corrected chi connectivity index (χ3v) is 3.95. The molecule has 0 amide bonds. The van der Waals surface area contributed by atoms with Crippen LogP contribution in [0, 0.1) is 0 Å². The quantitative estimate of drug-likeness (QED) is 0.724. The van der Waals surface area contributed by atoms with E-state index >= 15 is 0 Å². The Morgan fingerprint density at radius 3 is 2.41 bits per heavy atom. The third-order valence-electron chi connectivity index (χ3n) is 3.95. The van der Waals surface area contributed by atoms with Gasteiger partial charge in [0.25, 0.3) is 0 Å². The Kier molecular flexibility index (Phi) is 5.19. The minimum absolute atomic E-state index is 0.112. The number of aliphatic carboxylic acids is 1. The molecule has 1 rings (SSSR count). The molecule has 0 heterocycles. The summed E-state index contributed by atoms with van der Waals surface area (Å²) in [6.07, 6.45) is 6.83. The maximum atomic E-state index is 11.1. The second-order valence-corrected chi connectivity index (χ2v) is 5.48. The molecule has 1 aliphatic rings. The van der Waals surface area contributed by atoms with Gasteiger partial charge < -0.3 is 5.11 Å². The average Bonchev–Trinajstić information content (AvgIpc) is 2.26. The zero-order chi connectivity index (χ0) is 12.9. The standard InChI is InChI=1S/C14H25NO2/c1-12(2)7-10-15(3)14(11-13(16)17)8-5-4-6-9-14/h1,4-11H2,2-3H3,(H,16,17). The van der Waals surface area contributed by atoms with Gasteiger partial charge in [-0.2, -0.15) is 0 Å². The van der Waals surface area contributed by atoms with Gasteiger partial charge in [0.2, 0.25) is 0 Å². The minimum atomic E-state index is -0.672. The molecular formula is C14H25NO2. The van der Waals surface area contributed by atoms with E-state index in [9.17, 15) is 4.79 Å². The highest BCUT2D eigenvalue weighted by Crippen LogP contribution is 2.36. The smallest absolute Gasteiger partial charge is 0.305 e. The zero-order valence-electron chi connectivity index (χ0n) is 11.2. The van der Waals surface area contributed by atoms with E-state index in [1.54, 1.807) is 0 Å². The van der Waals surface area contributed by atoms with E-state index in [1.807, 2.05) is 6.92 Å². The molecule has 1 aliphatic carbocycles. The number of rotatable bonds is 6. The third kappa shape index (κ3) is 4.15. The summed E-state index contributed by atoms with van der Waals surface area (Å²) in [4.78, 5) is 13.3. The Morgan fingerprint density at radius 1 is 1.35 bits per heavy atom. The van der Waals surface area contributed by atoms with E-state index < -0.39 is 5.97 Å². The molecular weight excluding hydrogens is 214 g/mol. The SMILES string of the molecule is C=C(C)CCN(C)C1(CC(=O)O)CCCCC1. The lowest BCUT2D eigenvalue weighted by Gasteiger charge is -2.44. The van der Waals surface area contributed by atoms with Gasteiger partial charge in [0.1, 0.15) is 0 Å². The fraction of sp³-hybridized carbons (Fsp3) is 0.786. The number of hydrogen-bond acceptors (Lipinski definition) is 2. The first-order chi connectivity index (χ1) is 7.96. The lowest BCUT2D eigenvalue weighted by molar-refractivity contribution is -0.141. The first kappa shape index (κ1) is 14.2. The van der Waals surface area contributed by atoms with Crippen LogP contribution in [-0.2, 0) is 4.79 Å². The van der Waals surface area contributed by atoms with Crippen LogP contribution in [0.2, 0.25) is 0 Å². The average molecular weight is 239 g/mol. The fourth-order valence-corrected chi connectivity index (χ4v) is 2.78. The highest BCUT2D eigenvalue weighted by Gasteiger charge is 2.37. The Labute approximate surface area is 105 Å². The van der Waals surface area contributed by atoms with Crippen molar-refractivity contribution in [2.75, 3.05) is 13.6 Å². The van der Waals surface area contributed by atoms with Crippen LogP contribution in [0.15, 0.2) is 12.2 Å². The summed E-state index contributed by atoms with van der Waals surface area (Å²) < 4.78 is 0. The predicted octanol–water partition coefficient (Wildman–Crippen LogP) is 3.06. The van der Waals surface area contributed by atoms with Gasteiger partial charge in [0.15, 0.2) is 0 Å². The topological polar surface area (TPSA) is 40.5 Å². The van der Waals surface area contributed by atoms with Gasteiger partial charge >= 0.3 is 5.97 Å². The van der Waals surface area contributed by atoms with Crippen LogP contribution in [0.25, 0.3) is 0 Å². The van der Waals surface area contributed by atoms with Crippen LogP contribution in [0.5, 0.6) is 0 Å². The minimum Gasteiger partial charge on any atom is -0.481 e. The lowest BCUT2D eigenvalue weighted by atomic mass is 9.78. The molecule has 0 aliphatic heterocycles. The van der Waals surface area contributed by atoms with Crippen molar-refractivity contribution in [1.82, 2.24) is 4.90 Å². The second-order valence-electron chi connectivity index (χ2n) is 5.48. The fourth-order valence-electron chi connectivity index (χ4n) is 2.78. The van der Waals surface area contributed by atoms with E-state index in [0.29, 0.717) is 0 Å². The Morgan fingerprint density at radius 2 is 1.94 bits per heavy atom. The van der Waals surface area contributed by atoms with Crippen LogP contribution in [0.1, 0.15) is 51.9 Å². The van der Waals surface area contributed by atoms with Gasteiger partial charge in [0, 0.05) is 12.1 Å². The van der Waals surface area contributed by atoms with Crippen molar-refractivity contribution in [3.05, 3.63) is 12.2 Å². The van der Waals surface area contributed by atoms with E-state index in [4.69, 9.17) is 5.11 Å². The number of carboxylic acids is 1. The predicted molar refractivity (Wildman–Crippen MR) is 70.1 cm³/mol. The van der Waals surface area contributed by atoms with Crippen molar-refractivity contribution in [2.24, 2.45) is 0 Å². The summed E-state index contributed by atoms with van der Waals surface area (Å²) in [5.74, 6) is -0.672. The Bertz CT molecular complexity index is 280. The number of carbonyl (C=O) groups is 1. The molecule has 0 aromatic rings. The van der Waals surface area contributed by atoms with E-state index in [0.717, 1.165) is 44.2 Å². The molecule has 1 N–H and O–H groups in total. The molecule has 3 heteroatoms. The van der Waals surface area contributed by atoms with Crippen LogP contribution in [0.3, 0.4) is 0 Å². The molecule has 17 heavy (non-hydrogen) atoms. The Hall–Kier alpha value is -0.830. The molecule has 0 aromatic heterocycles. The molecule has 3 nitrogen and oxygen atoms in total. The normalized spacial score (nSPS) is 19.2. The summed E-state index contributed by atoms with van der Waals surface area (Å²) in [5.41, 5.74) is 1.05. The molecule has 1 fully saturated rings. The molecule has 0 bridgehead atoms. The van der Waals surface area contributed by atoms with Crippen molar-refractivity contribution in [3.8, 4) is 0 Å². The number of carboxylic acid groups (broad SMARTS) is 1. The van der Waals surface area contributed by atoms with Gasteiger partial charge in [-0.1, -0.05) is 24.8 Å². The molecule has 1 saturated carbocycles. The summed E-state index contributed by atoms with van der Waals surface area (Å²) in [7, 11) is 2.07. The van der Waals surface area contributed by atoms with Crippen molar-refractivity contribution in [1.29, 1.82) is 0 Å². The van der Waals surface area contributed by atoms with Crippen molar-refractivity contribution in [2.45, 2.75) is 57.4 Å². The molecule has 0 aromatic carbocycles. The van der Waals surface area contributed by atoms with Gasteiger partial charge in [-0.15, -0.1) is 6.58 Å². The molecule has 0 unspecified atom stereocenters. The van der Waals surface area contributed by atoms with Crippen molar-refractivity contribution >= 4 is 5.97 Å². The van der Waals surface area contributed by atoms with Gasteiger partial charge in [-0.05, 0) is 33.2 Å². The molecule has 0 spiro atoms. The van der Waals surface area contributed by atoms with Gasteiger partial charge in [-0.3, -0.25) is 9.69 Å².